The highest BCUT2D eigenvalue weighted by Crippen LogP contribution is 2.11. The molecular weight excluding hydrogens is 230 g/mol. The predicted octanol–water partition coefficient (Wildman–Crippen LogP) is 2.93. The van der Waals surface area contributed by atoms with Crippen LogP contribution in [-0.4, -0.2) is 22.3 Å². The Morgan fingerprint density at radius 1 is 1.29 bits per heavy atom. The summed E-state index contributed by atoms with van der Waals surface area (Å²) in [5.41, 5.74) is 2.32. The molecule has 0 fully saturated rings. The summed E-state index contributed by atoms with van der Waals surface area (Å²) in [4.78, 5) is 9.00. The molecule has 0 aliphatic carbocycles. The summed E-state index contributed by atoms with van der Waals surface area (Å²) >= 11 is 1.90. The lowest BCUT2D eigenvalue weighted by atomic mass is 10.2. The fourth-order valence-electron chi connectivity index (χ4n) is 1.46. The molecule has 4 heteroatoms. The van der Waals surface area contributed by atoms with Crippen molar-refractivity contribution in [1.29, 1.82) is 0 Å². The van der Waals surface area contributed by atoms with E-state index in [1.807, 2.05) is 18.0 Å². The lowest BCUT2D eigenvalue weighted by Gasteiger charge is -2.08. The van der Waals surface area contributed by atoms with Gasteiger partial charge in [-0.2, -0.15) is 11.8 Å². The molecule has 1 rings (SSSR count). The van der Waals surface area contributed by atoms with E-state index in [1.165, 1.54) is 17.7 Å². The number of nitrogens with zero attached hydrogens (tertiary/aromatic N) is 2. The van der Waals surface area contributed by atoms with E-state index in [0.29, 0.717) is 0 Å². The van der Waals surface area contributed by atoms with E-state index >= 15 is 0 Å². The van der Waals surface area contributed by atoms with Gasteiger partial charge in [0.25, 0.3) is 0 Å². The summed E-state index contributed by atoms with van der Waals surface area (Å²) in [7, 11) is 0. The first-order chi connectivity index (χ1) is 8.27. The van der Waals surface area contributed by atoms with Crippen molar-refractivity contribution in [2.45, 2.75) is 45.9 Å². The lowest BCUT2D eigenvalue weighted by molar-refractivity contribution is 0.657. The molecule has 1 heterocycles. The number of aryl methyl sites for hydroxylation is 1. The largest absolute Gasteiger partial charge is 0.311 e. The quantitative estimate of drug-likeness (QED) is 0.723. The average molecular weight is 253 g/mol. The van der Waals surface area contributed by atoms with E-state index in [0.717, 1.165) is 36.8 Å². The first-order valence-electron chi connectivity index (χ1n) is 6.37. The van der Waals surface area contributed by atoms with Crippen LogP contribution >= 0.6 is 11.8 Å². The van der Waals surface area contributed by atoms with Crippen molar-refractivity contribution in [3.8, 4) is 0 Å². The molecule has 1 aromatic heterocycles. The van der Waals surface area contributed by atoms with Crippen molar-refractivity contribution in [3.05, 3.63) is 23.3 Å². The first-order valence-corrected chi connectivity index (χ1v) is 7.53. The third-order valence-corrected chi connectivity index (χ3v) is 3.58. The van der Waals surface area contributed by atoms with Crippen LogP contribution in [0.4, 0.5) is 0 Å². The van der Waals surface area contributed by atoms with Gasteiger partial charge in [-0.15, -0.1) is 0 Å². The fourth-order valence-corrected chi connectivity index (χ4v) is 2.21. The molecule has 96 valence electrons. The molecule has 0 bridgehead atoms. The summed E-state index contributed by atoms with van der Waals surface area (Å²) in [6.45, 7) is 8.35. The van der Waals surface area contributed by atoms with Crippen molar-refractivity contribution >= 4 is 11.8 Å². The predicted molar refractivity (Wildman–Crippen MR) is 75.2 cm³/mol. The van der Waals surface area contributed by atoms with Gasteiger partial charge < -0.3 is 5.32 Å². The molecule has 0 spiro atoms. The van der Waals surface area contributed by atoms with Crippen LogP contribution in [0.1, 0.15) is 43.8 Å². The molecule has 0 saturated carbocycles. The minimum absolute atomic E-state index is 0.855. The minimum Gasteiger partial charge on any atom is -0.311 e. The molecule has 0 amide bonds. The van der Waals surface area contributed by atoms with Gasteiger partial charge in [-0.25, -0.2) is 9.97 Å². The van der Waals surface area contributed by atoms with E-state index in [9.17, 15) is 0 Å². The maximum Gasteiger partial charge on any atom is 0.138 e. The van der Waals surface area contributed by atoms with E-state index in [-0.39, 0.29) is 0 Å². The second kappa shape index (κ2) is 8.48. The number of hydrogen-bond acceptors (Lipinski definition) is 4. The normalized spacial score (nSPS) is 10.8. The van der Waals surface area contributed by atoms with E-state index in [2.05, 4.69) is 36.1 Å². The lowest BCUT2D eigenvalue weighted by Crippen LogP contribution is -2.16. The second-order valence-corrected chi connectivity index (χ2v) is 5.25. The zero-order valence-electron chi connectivity index (χ0n) is 11.1. The second-order valence-electron chi connectivity index (χ2n) is 4.15. The number of aromatic nitrogens is 2. The molecule has 17 heavy (non-hydrogen) atoms. The summed E-state index contributed by atoms with van der Waals surface area (Å²) in [6.07, 6.45) is 4.31. The molecule has 0 radical (unpaired) electrons. The van der Waals surface area contributed by atoms with Crippen molar-refractivity contribution in [2.24, 2.45) is 0 Å². The Kier molecular flexibility index (Phi) is 7.21. The number of nitrogens with one attached hydrogen (secondary N) is 1. The first kappa shape index (κ1) is 14.5. The summed E-state index contributed by atoms with van der Waals surface area (Å²) in [5.74, 6) is 3.07. The molecule has 1 N–H and O–H groups in total. The van der Waals surface area contributed by atoms with Gasteiger partial charge >= 0.3 is 0 Å². The Labute approximate surface area is 109 Å². The van der Waals surface area contributed by atoms with Crippen LogP contribution in [0.25, 0.3) is 0 Å². The Bertz CT molecular complexity index is 328. The maximum absolute atomic E-state index is 4.62. The average Bonchev–Trinajstić information content (AvgIpc) is 2.33. The molecule has 0 saturated heterocycles. The highest BCUT2D eigenvalue weighted by atomic mass is 32.2. The van der Waals surface area contributed by atoms with Crippen LogP contribution in [-0.2, 0) is 12.3 Å². The van der Waals surface area contributed by atoms with E-state index < -0.39 is 0 Å². The van der Waals surface area contributed by atoms with Crippen LogP contribution in [0.15, 0.2) is 6.20 Å². The zero-order chi connectivity index (χ0) is 12.5. The Morgan fingerprint density at radius 2 is 2.12 bits per heavy atom. The Hall–Kier alpha value is -0.610. The van der Waals surface area contributed by atoms with Crippen molar-refractivity contribution < 1.29 is 0 Å². The molecule has 1 aromatic rings. The van der Waals surface area contributed by atoms with Crippen LogP contribution in [0.2, 0.25) is 0 Å². The molecule has 0 aliphatic heterocycles. The molecular formula is C13H23N3S. The third-order valence-electron chi connectivity index (χ3n) is 2.43. The van der Waals surface area contributed by atoms with Crippen molar-refractivity contribution in [3.63, 3.8) is 0 Å². The Morgan fingerprint density at radius 3 is 2.82 bits per heavy atom. The van der Waals surface area contributed by atoms with Crippen LogP contribution in [0.5, 0.6) is 0 Å². The van der Waals surface area contributed by atoms with Gasteiger partial charge in [0.2, 0.25) is 0 Å². The standard InChI is InChI=1S/C13H23N3S/c1-4-6-14-9-12-11(3)8-15-13(16-12)10-17-7-5-2/h8,14H,4-7,9-10H2,1-3H3. The van der Waals surface area contributed by atoms with Crippen molar-refractivity contribution in [2.75, 3.05) is 12.3 Å². The highest BCUT2D eigenvalue weighted by molar-refractivity contribution is 7.98. The van der Waals surface area contributed by atoms with Gasteiger partial charge in [0.1, 0.15) is 5.82 Å². The number of rotatable bonds is 8. The minimum atomic E-state index is 0.855. The Balaban J connectivity index is 2.53. The monoisotopic (exact) mass is 253 g/mol. The molecule has 0 atom stereocenters. The molecule has 3 nitrogen and oxygen atoms in total. The zero-order valence-corrected chi connectivity index (χ0v) is 11.9. The molecule has 0 unspecified atom stereocenters. The number of thioether (sulfide) groups is 1. The fraction of sp³-hybridized carbons (Fsp3) is 0.692. The van der Waals surface area contributed by atoms with Gasteiger partial charge in [0, 0.05) is 12.7 Å². The van der Waals surface area contributed by atoms with Crippen LogP contribution in [0, 0.1) is 6.92 Å². The maximum atomic E-state index is 4.62. The smallest absolute Gasteiger partial charge is 0.138 e. The number of hydrogen-bond donors (Lipinski definition) is 1. The van der Waals surface area contributed by atoms with Gasteiger partial charge in [0.05, 0.1) is 11.4 Å². The van der Waals surface area contributed by atoms with Gasteiger partial charge in [0.15, 0.2) is 0 Å². The van der Waals surface area contributed by atoms with Gasteiger partial charge in [-0.1, -0.05) is 13.8 Å². The van der Waals surface area contributed by atoms with Crippen molar-refractivity contribution in [1.82, 2.24) is 15.3 Å². The SMILES string of the molecule is CCCNCc1nc(CSCCC)ncc1C. The van der Waals surface area contributed by atoms with Gasteiger partial charge in [-0.3, -0.25) is 0 Å². The summed E-state index contributed by atoms with van der Waals surface area (Å²) in [5, 5.41) is 3.39. The van der Waals surface area contributed by atoms with Gasteiger partial charge in [-0.05, 0) is 37.6 Å². The summed E-state index contributed by atoms with van der Waals surface area (Å²) < 4.78 is 0. The highest BCUT2D eigenvalue weighted by Gasteiger charge is 2.03. The van der Waals surface area contributed by atoms with E-state index in [1.54, 1.807) is 0 Å². The van der Waals surface area contributed by atoms with Crippen LogP contribution < -0.4 is 5.32 Å². The molecule has 0 aliphatic rings. The van der Waals surface area contributed by atoms with Crippen LogP contribution in [0.3, 0.4) is 0 Å². The van der Waals surface area contributed by atoms with E-state index in [4.69, 9.17) is 0 Å². The molecule has 0 aromatic carbocycles. The summed E-state index contributed by atoms with van der Waals surface area (Å²) in [6, 6.07) is 0. The topological polar surface area (TPSA) is 37.8 Å². The third kappa shape index (κ3) is 5.50.